The molecule has 0 aliphatic heterocycles. The summed E-state index contributed by atoms with van der Waals surface area (Å²) < 4.78 is 7.37. The first kappa shape index (κ1) is 13.8. The van der Waals surface area contributed by atoms with Crippen LogP contribution in [-0.2, 0) is 11.3 Å². The summed E-state index contributed by atoms with van der Waals surface area (Å²) >= 11 is 0. The van der Waals surface area contributed by atoms with Crippen LogP contribution in [0.5, 0.6) is 0 Å². The second-order valence-electron chi connectivity index (χ2n) is 5.83. The fourth-order valence-electron chi connectivity index (χ4n) is 2.32. The molecule has 4 heteroatoms. The zero-order chi connectivity index (χ0) is 14.9. The van der Waals surface area contributed by atoms with E-state index in [1.54, 1.807) is 7.11 Å². The number of rotatable bonds is 4. The standard InChI is InChI=1S/C17H19N3O/c1-17(2,21-3)12-20-11-16(10-19-20)13-4-5-15-9-18-7-6-14(15)8-13/h4-11H,12H2,1-3H3. The van der Waals surface area contributed by atoms with Crippen molar-refractivity contribution in [3.05, 3.63) is 49.1 Å². The van der Waals surface area contributed by atoms with Crippen molar-refractivity contribution in [1.29, 1.82) is 0 Å². The molecule has 1 aromatic carbocycles. The van der Waals surface area contributed by atoms with Crippen molar-refractivity contribution < 1.29 is 4.74 Å². The molecule has 0 radical (unpaired) electrons. The number of fused-ring (bicyclic) bond motifs is 1. The van der Waals surface area contributed by atoms with Crippen molar-refractivity contribution in [3.8, 4) is 11.1 Å². The molecule has 0 bridgehead atoms. The molecular formula is C17H19N3O. The maximum absolute atomic E-state index is 5.45. The van der Waals surface area contributed by atoms with E-state index in [1.165, 1.54) is 5.39 Å². The average molecular weight is 281 g/mol. The van der Waals surface area contributed by atoms with Gasteiger partial charge in [0.15, 0.2) is 0 Å². The molecule has 108 valence electrons. The third-order valence-corrected chi connectivity index (χ3v) is 3.70. The van der Waals surface area contributed by atoms with Crippen LogP contribution in [0.15, 0.2) is 49.1 Å². The smallest absolute Gasteiger partial charge is 0.0817 e. The lowest BCUT2D eigenvalue weighted by Gasteiger charge is -2.22. The van der Waals surface area contributed by atoms with Crippen molar-refractivity contribution in [2.75, 3.05) is 7.11 Å². The van der Waals surface area contributed by atoms with Gasteiger partial charge in [-0.05, 0) is 36.9 Å². The number of hydrogen-bond acceptors (Lipinski definition) is 3. The molecule has 0 aliphatic carbocycles. The Morgan fingerprint density at radius 3 is 2.76 bits per heavy atom. The molecule has 0 fully saturated rings. The molecule has 0 saturated carbocycles. The maximum atomic E-state index is 5.45. The summed E-state index contributed by atoms with van der Waals surface area (Å²) in [5, 5.41) is 6.76. The van der Waals surface area contributed by atoms with Gasteiger partial charge in [0.2, 0.25) is 0 Å². The number of nitrogens with zero attached hydrogens (tertiary/aromatic N) is 3. The number of pyridine rings is 1. The summed E-state index contributed by atoms with van der Waals surface area (Å²) in [7, 11) is 1.72. The zero-order valence-electron chi connectivity index (χ0n) is 12.6. The Hall–Kier alpha value is -2.20. The van der Waals surface area contributed by atoms with Crippen LogP contribution < -0.4 is 0 Å². The van der Waals surface area contributed by atoms with E-state index >= 15 is 0 Å². The highest BCUT2D eigenvalue weighted by atomic mass is 16.5. The van der Waals surface area contributed by atoms with Gasteiger partial charge in [0.1, 0.15) is 0 Å². The van der Waals surface area contributed by atoms with Crippen molar-refractivity contribution in [2.24, 2.45) is 0 Å². The van der Waals surface area contributed by atoms with Crippen LogP contribution in [0.4, 0.5) is 0 Å². The van der Waals surface area contributed by atoms with E-state index in [-0.39, 0.29) is 5.60 Å². The van der Waals surface area contributed by atoms with Gasteiger partial charge >= 0.3 is 0 Å². The first-order valence-corrected chi connectivity index (χ1v) is 6.99. The molecular weight excluding hydrogens is 262 g/mol. The molecule has 0 N–H and O–H groups in total. The minimum atomic E-state index is -0.224. The summed E-state index contributed by atoms with van der Waals surface area (Å²) in [6, 6.07) is 8.39. The highest BCUT2D eigenvalue weighted by molar-refractivity contribution is 5.86. The van der Waals surface area contributed by atoms with E-state index < -0.39 is 0 Å². The molecule has 0 aliphatic rings. The van der Waals surface area contributed by atoms with E-state index in [9.17, 15) is 0 Å². The first-order valence-electron chi connectivity index (χ1n) is 6.99. The molecule has 0 spiro atoms. The van der Waals surface area contributed by atoms with Gasteiger partial charge in [-0.1, -0.05) is 12.1 Å². The van der Waals surface area contributed by atoms with E-state index in [0.717, 1.165) is 23.1 Å². The summed E-state index contributed by atoms with van der Waals surface area (Å²) in [5.74, 6) is 0. The van der Waals surface area contributed by atoms with Gasteiger partial charge in [0.25, 0.3) is 0 Å². The monoisotopic (exact) mass is 281 g/mol. The summed E-state index contributed by atoms with van der Waals surface area (Å²) in [6.45, 7) is 4.83. The Labute approximate surface area is 124 Å². The molecule has 0 unspecified atom stereocenters. The summed E-state index contributed by atoms with van der Waals surface area (Å²) in [4.78, 5) is 4.14. The van der Waals surface area contributed by atoms with E-state index in [1.807, 2.05) is 29.3 Å². The molecule has 0 atom stereocenters. The van der Waals surface area contributed by atoms with Crippen molar-refractivity contribution >= 4 is 10.8 Å². The molecule has 0 amide bonds. The summed E-state index contributed by atoms with van der Waals surface area (Å²) in [6.07, 6.45) is 7.65. The largest absolute Gasteiger partial charge is 0.377 e. The quantitative estimate of drug-likeness (QED) is 0.734. The van der Waals surface area contributed by atoms with Gasteiger partial charge in [-0.15, -0.1) is 0 Å². The Morgan fingerprint density at radius 1 is 1.10 bits per heavy atom. The number of hydrogen-bond donors (Lipinski definition) is 0. The van der Waals surface area contributed by atoms with Gasteiger partial charge in [-0.25, -0.2) is 0 Å². The Bertz CT molecular complexity index is 761. The SMILES string of the molecule is COC(C)(C)Cn1cc(-c2ccc3cnccc3c2)cn1. The topological polar surface area (TPSA) is 39.9 Å². The second kappa shape index (κ2) is 5.30. The van der Waals surface area contributed by atoms with Crippen LogP contribution in [0.25, 0.3) is 21.9 Å². The number of methoxy groups -OCH3 is 1. The highest BCUT2D eigenvalue weighted by Crippen LogP contribution is 2.24. The summed E-state index contributed by atoms with van der Waals surface area (Å²) in [5.41, 5.74) is 2.05. The van der Waals surface area contributed by atoms with Gasteiger partial charge in [0, 0.05) is 36.7 Å². The Morgan fingerprint density at radius 2 is 1.95 bits per heavy atom. The van der Waals surface area contributed by atoms with Gasteiger partial charge in [-0.2, -0.15) is 5.10 Å². The highest BCUT2D eigenvalue weighted by Gasteiger charge is 2.17. The van der Waals surface area contributed by atoms with E-state index in [4.69, 9.17) is 4.74 Å². The van der Waals surface area contributed by atoms with Crippen LogP contribution in [0, 0.1) is 0 Å². The lowest BCUT2D eigenvalue weighted by molar-refractivity contribution is 0.00543. The molecule has 2 heterocycles. The van der Waals surface area contributed by atoms with Crippen LogP contribution in [0.3, 0.4) is 0 Å². The fourth-order valence-corrected chi connectivity index (χ4v) is 2.32. The lowest BCUT2D eigenvalue weighted by Crippen LogP contribution is -2.29. The number of benzene rings is 1. The average Bonchev–Trinajstić information content (AvgIpc) is 2.94. The van der Waals surface area contributed by atoms with Crippen molar-refractivity contribution in [2.45, 2.75) is 26.0 Å². The molecule has 21 heavy (non-hydrogen) atoms. The zero-order valence-corrected chi connectivity index (χ0v) is 12.6. The minimum absolute atomic E-state index is 0.224. The Kier molecular flexibility index (Phi) is 3.47. The molecule has 3 rings (SSSR count). The van der Waals surface area contributed by atoms with Crippen molar-refractivity contribution in [3.63, 3.8) is 0 Å². The maximum Gasteiger partial charge on any atom is 0.0817 e. The number of aromatic nitrogens is 3. The third kappa shape index (κ3) is 2.95. The molecule has 0 saturated heterocycles. The van der Waals surface area contributed by atoms with Crippen molar-refractivity contribution in [1.82, 2.24) is 14.8 Å². The molecule has 2 aromatic heterocycles. The van der Waals surface area contributed by atoms with E-state index in [0.29, 0.717) is 0 Å². The van der Waals surface area contributed by atoms with Crippen LogP contribution in [0.1, 0.15) is 13.8 Å². The van der Waals surface area contributed by atoms with Crippen LogP contribution in [0.2, 0.25) is 0 Å². The third-order valence-electron chi connectivity index (χ3n) is 3.70. The first-order chi connectivity index (χ1) is 10.1. The number of ether oxygens (including phenoxy) is 1. The minimum Gasteiger partial charge on any atom is -0.377 e. The van der Waals surface area contributed by atoms with Gasteiger partial charge < -0.3 is 4.74 Å². The van der Waals surface area contributed by atoms with Gasteiger partial charge in [0.05, 0.1) is 18.3 Å². The normalized spacial score (nSPS) is 12.0. The molecule has 3 aromatic rings. The van der Waals surface area contributed by atoms with Crippen LogP contribution >= 0.6 is 0 Å². The fraction of sp³-hybridized carbons (Fsp3) is 0.294. The van der Waals surface area contributed by atoms with E-state index in [2.05, 4.69) is 48.3 Å². The molecule has 4 nitrogen and oxygen atoms in total. The van der Waals surface area contributed by atoms with Crippen LogP contribution in [-0.4, -0.2) is 27.5 Å². The second-order valence-corrected chi connectivity index (χ2v) is 5.83. The lowest BCUT2D eigenvalue weighted by atomic mass is 10.1. The predicted molar refractivity (Wildman–Crippen MR) is 84.1 cm³/mol. The predicted octanol–water partition coefficient (Wildman–Crippen LogP) is 3.52. The Balaban J connectivity index is 1.91. The van der Waals surface area contributed by atoms with Gasteiger partial charge in [-0.3, -0.25) is 9.67 Å².